The summed E-state index contributed by atoms with van der Waals surface area (Å²) in [5, 5.41) is 0. The summed E-state index contributed by atoms with van der Waals surface area (Å²) in [6.45, 7) is 0. The van der Waals surface area contributed by atoms with E-state index in [0.717, 1.165) is 34.4 Å². The summed E-state index contributed by atoms with van der Waals surface area (Å²) in [4.78, 5) is 28.2. The van der Waals surface area contributed by atoms with Crippen LogP contribution in [0.5, 0.6) is 0 Å². The van der Waals surface area contributed by atoms with Crippen LogP contribution in [0.4, 0.5) is 0 Å². The van der Waals surface area contributed by atoms with Gasteiger partial charge >= 0.3 is 11.5 Å². The SMILES string of the molecule is Cn1c(=O)c2c([nH]c3n(C4CC4)c(-c4ccccc4)c[n+]23)n(C)c1=O. The Balaban J connectivity index is 1.96. The average Bonchev–Trinajstić information content (AvgIpc) is 3.30. The zero-order valence-corrected chi connectivity index (χ0v) is 14.1. The molecule has 1 aromatic carbocycles. The predicted octanol–water partition coefficient (Wildman–Crippen LogP) is 1.11. The lowest BCUT2D eigenvalue weighted by Crippen LogP contribution is -2.39. The molecule has 1 N–H and O–H groups in total. The lowest BCUT2D eigenvalue weighted by Gasteiger charge is -2.02. The van der Waals surface area contributed by atoms with E-state index < -0.39 is 0 Å². The van der Waals surface area contributed by atoms with Crippen LogP contribution in [0.1, 0.15) is 18.9 Å². The predicted molar refractivity (Wildman–Crippen MR) is 93.6 cm³/mol. The Morgan fingerprint density at radius 3 is 2.48 bits per heavy atom. The number of aromatic nitrogens is 5. The topological polar surface area (TPSA) is 68.8 Å². The van der Waals surface area contributed by atoms with Gasteiger partial charge < -0.3 is 0 Å². The fourth-order valence-electron chi connectivity index (χ4n) is 3.58. The molecule has 0 spiro atoms. The molecule has 25 heavy (non-hydrogen) atoms. The summed E-state index contributed by atoms with van der Waals surface area (Å²) in [5.74, 6) is 0.842. The van der Waals surface area contributed by atoms with Crippen molar-refractivity contribution in [3.8, 4) is 11.3 Å². The molecule has 7 heteroatoms. The minimum Gasteiger partial charge on any atom is -0.267 e. The second-order valence-electron chi connectivity index (χ2n) is 6.70. The summed E-state index contributed by atoms with van der Waals surface area (Å²) in [6, 6.07) is 10.6. The van der Waals surface area contributed by atoms with Crippen LogP contribution in [0, 0.1) is 0 Å². The zero-order valence-electron chi connectivity index (χ0n) is 14.1. The second kappa shape index (κ2) is 4.72. The molecule has 0 unspecified atom stereocenters. The summed E-state index contributed by atoms with van der Waals surface area (Å²) in [5.41, 5.74) is 2.62. The maximum absolute atomic E-state index is 12.7. The van der Waals surface area contributed by atoms with Crippen LogP contribution in [-0.4, -0.2) is 18.7 Å². The normalized spacial score (nSPS) is 14.6. The van der Waals surface area contributed by atoms with E-state index in [1.807, 2.05) is 28.8 Å². The number of aryl methyl sites for hydroxylation is 1. The third-order valence-corrected chi connectivity index (χ3v) is 5.06. The van der Waals surface area contributed by atoms with E-state index in [1.54, 1.807) is 7.05 Å². The third kappa shape index (κ3) is 1.83. The van der Waals surface area contributed by atoms with Gasteiger partial charge in [0.05, 0.1) is 6.04 Å². The van der Waals surface area contributed by atoms with Crippen molar-refractivity contribution in [1.82, 2.24) is 18.7 Å². The molecule has 4 aromatic rings. The first-order valence-corrected chi connectivity index (χ1v) is 8.37. The molecule has 0 amide bonds. The van der Waals surface area contributed by atoms with Crippen molar-refractivity contribution in [1.29, 1.82) is 0 Å². The first kappa shape index (κ1) is 14.3. The number of nitrogens with one attached hydrogen (secondary N) is 1. The summed E-state index contributed by atoms with van der Waals surface area (Å²) in [7, 11) is 3.19. The highest BCUT2D eigenvalue weighted by Crippen LogP contribution is 2.39. The van der Waals surface area contributed by atoms with Gasteiger partial charge in [-0.25, -0.2) is 14.3 Å². The molecule has 7 nitrogen and oxygen atoms in total. The second-order valence-corrected chi connectivity index (χ2v) is 6.70. The number of hydrogen-bond acceptors (Lipinski definition) is 2. The van der Waals surface area contributed by atoms with Gasteiger partial charge in [0, 0.05) is 19.7 Å². The lowest BCUT2D eigenvalue weighted by molar-refractivity contribution is -0.480. The van der Waals surface area contributed by atoms with Gasteiger partial charge in [0.1, 0.15) is 11.9 Å². The average molecular weight is 336 g/mol. The van der Waals surface area contributed by atoms with Crippen LogP contribution in [-0.2, 0) is 14.1 Å². The monoisotopic (exact) mass is 336 g/mol. The van der Waals surface area contributed by atoms with Crippen molar-refractivity contribution in [3.05, 3.63) is 57.4 Å². The van der Waals surface area contributed by atoms with E-state index in [9.17, 15) is 9.59 Å². The minimum atomic E-state index is -0.330. The van der Waals surface area contributed by atoms with Crippen LogP contribution in [0.2, 0.25) is 0 Å². The van der Waals surface area contributed by atoms with Crippen molar-refractivity contribution in [2.45, 2.75) is 18.9 Å². The Morgan fingerprint density at radius 1 is 1.08 bits per heavy atom. The van der Waals surface area contributed by atoms with Crippen LogP contribution in [0.15, 0.2) is 46.1 Å². The number of H-pyrrole nitrogens is 1. The Hall–Kier alpha value is -3.09. The van der Waals surface area contributed by atoms with E-state index in [4.69, 9.17) is 0 Å². The van der Waals surface area contributed by atoms with Crippen LogP contribution in [0.3, 0.4) is 0 Å². The molecule has 5 rings (SSSR count). The molecule has 3 heterocycles. The van der Waals surface area contributed by atoms with Crippen LogP contribution >= 0.6 is 0 Å². The maximum Gasteiger partial charge on any atom is 0.369 e. The van der Waals surface area contributed by atoms with Gasteiger partial charge in [-0.2, -0.15) is 4.40 Å². The first-order chi connectivity index (χ1) is 12.1. The highest BCUT2D eigenvalue weighted by Gasteiger charge is 2.36. The van der Waals surface area contributed by atoms with Gasteiger partial charge in [0.25, 0.3) is 5.56 Å². The molecular weight excluding hydrogens is 318 g/mol. The molecule has 0 atom stereocenters. The van der Waals surface area contributed by atoms with Gasteiger partial charge in [-0.3, -0.25) is 13.9 Å². The fourth-order valence-corrected chi connectivity index (χ4v) is 3.58. The molecule has 0 radical (unpaired) electrons. The Labute approximate surface area is 142 Å². The van der Waals surface area contributed by atoms with Gasteiger partial charge in [-0.15, -0.1) is 0 Å². The van der Waals surface area contributed by atoms with E-state index in [-0.39, 0.29) is 11.2 Å². The molecule has 0 aliphatic heterocycles. The van der Waals surface area contributed by atoms with Crippen molar-refractivity contribution in [2.75, 3.05) is 0 Å². The molecular formula is C18H18N5O2+. The molecule has 1 aliphatic carbocycles. The van der Waals surface area contributed by atoms with E-state index >= 15 is 0 Å². The minimum absolute atomic E-state index is 0.290. The Kier molecular flexibility index (Phi) is 2.69. The molecule has 1 aliphatic rings. The van der Waals surface area contributed by atoms with Crippen LogP contribution < -0.4 is 15.6 Å². The standard InChI is InChI=1S/C18H17N5O2/c1-20-15-14(16(24)21(2)18(20)25)22-10-13(11-6-4-3-5-7-11)23(12-8-9-12)17(22)19-15/h3-7,10,12H,8-9H2,1-2H3/p+1. The summed E-state index contributed by atoms with van der Waals surface area (Å²) in [6.07, 6.45) is 4.24. The van der Waals surface area contributed by atoms with Crippen LogP contribution in [0.25, 0.3) is 28.2 Å². The van der Waals surface area contributed by atoms with Gasteiger partial charge in [0.15, 0.2) is 0 Å². The number of aromatic amines is 1. The van der Waals surface area contributed by atoms with Gasteiger partial charge in [-0.05, 0) is 12.8 Å². The smallest absolute Gasteiger partial charge is 0.267 e. The number of hydrogen-bond donors (Lipinski definition) is 1. The highest BCUT2D eigenvalue weighted by atomic mass is 16.2. The molecule has 0 bridgehead atoms. The van der Waals surface area contributed by atoms with E-state index in [1.165, 1.54) is 11.6 Å². The molecule has 1 fully saturated rings. The number of benzene rings is 1. The fraction of sp³-hybridized carbons (Fsp3) is 0.278. The first-order valence-electron chi connectivity index (χ1n) is 8.37. The molecule has 1 saturated carbocycles. The maximum atomic E-state index is 12.7. The molecule has 3 aromatic heterocycles. The Morgan fingerprint density at radius 2 is 1.80 bits per heavy atom. The molecule has 126 valence electrons. The van der Waals surface area contributed by atoms with Gasteiger partial charge in [0.2, 0.25) is 11.2 Å². The van der Waals surface area contributed by atoms with Crippen molar-refractivity contribution in [3.63, 3.8) is 0 Å². The largest absolute Gasteiger partial charge is 0.369 e. The Bertz CT molecular complexity index is 1250. The quantitative estimate of drug-likeness (QED) is 0.557. The molecule has 0 saturated heterocycles. The van der Waals surface area contributed by atoms with Crippen molar-refractivity contribution < 1.29 is 4.40 Å². The van der Waals surface area contributed by atoms with Gasteiger partial charge in [-0.1, -0.05) is 30.3 Å². The highest BCUT2D eigenvalue weighted by molar-refractivity contribution is 5.71. The number of fused-ring (bicyclic) bond motifs is 3. The van der Waals surface area contributed by atoms with Crippen molar-refractivity contribution in [2.24, 2.45) is 14.1 Å². The van der Waals surface area contributed by atoms with E-state index in [2.05, 4.69) is 21.7 Å². The van der Waals surface area contributed by atoms with E-state index in [0.29, 0.717) is 17.2 Å². The number of nitrogens with zero attached hydrogens (tertiary/aromatic N) is 4. The van der Waals surface area contributed by atoms with Crippen molar-refractivity contribution >= 4 is 16.9 Å². The zero-order chi connectivity index (χ0) is 17.3. The third-order valence-electron chi connectivity index (χ3n) is 5.06. The summed E-state index contributed by atoms with van der Waals surface area (Å²) < 4.78 is 6.78. The number of imidazole rings is 2. The lowest BCUT2D eigenvalue weighted by atomic mass is 10.2. The number of rotatable bonds is 2. The summed E-state index contributed by atoms with van der Waals surface area (Å²) >= 11 is 0.